The standard InChI is InChI=1S/C18H17N3O4/c1-23-14-6-4-12(5-7-14)17-19-18(25-20-17)13-9-16(22)21(10-13)11-15-3-2-8-24-15/h2-8,13H,9-11H2,1H3. The quantitative estimate of drug-likeness (QED) is 0.711. The maximum absolute atomic E-state index is 12.2. The fourth-order valence-electron chi connectivity index (χ4n) is 2.94. The summed E-state index contributed by atoms with van der Waals surface area (Å²) in [7, 11) is 1.62. The van der Waals surface area contributed by atoms with Gasteiger partial charge in [-0.15, -0.1) is 0 Å². The van der Waals surface area contributed by atoms with Crippen molar-refractivity contribution in [1.82, 2.24) is 15.0 Å². The first-order valence-electron chi connectivity index (χ1n) is 8.01. The summed E-state index contributed by atoms with van der Waals surface area (Å²) in [5.74, 6) is 2.49. The molecule has 3 aromatic rings. The Kier molecular flexibility index (Phi) is 3.97. The van der Waals surface area contributed by atoms with E-state index < -0.39 is 0 Å². The van der Waals surface area contributed by atoms with Crippen LogP contribution < -0.4 is 4.74 Å². The van der Waals surface area contributed by atoms with Gasteiger partial charge in [-0.25, -0.2) is 0 Å². The Labute approximate surface area is 144 Å². The summed E-state index contributed by atoms with van der Waals surface area (Å²) in [4.78, 5) is 18.4. The molecule has 7 heteroatoms. The average Bonchev–Trinajstić information content (AvgIpc) is 3.37. The molecule has 4 rings (SSSR count). The van der Waals surface area contributed by atoms with Gasteiger partial charge in [-0.2, -0.15) is 4.98 Å². The molecule has 25 heavy (non-hydrogen) atoms. The molecule has 1 aromatic carbocycles. The number of furan rings is 1. The van der Waals surface area contributed by atoms with E-state index in [1.54, 1.807) is 18.3 Å². The Hall–Kier alpha value is -3.09. The maximum Gasteiger partial charge on any atom is 0.232 e. The fourth-order valence-corrected chi connectivity index (χ4v) is 2.94. The molecule has 1 aliphatic heterocycles. The Bertz CT molecular complexity index is 855. The second-order valence-electron chi connectivity index (χ2n) is 5.94. The summed E-state index contributed by atoms with van der Waals surface area (Å²) in [6.45, 7) is 1.01. The number of nitrogens with zero attached hydrogens (tertiary/aromatic N) is 3. The van der Waals surface area contributed by atoms with E-state index in [0.29, 0.717) is 31.2 Å². The normalized spacial score (nSPS) is 17.2. The number of rotatable bonds is 5. The van der Waals surface area contributed by atoms with E-state index in [2.05, 4.69) is 10.1 Å². The minimum Gasteiger partial charge on any atom is -0.497 e. The van der Waals surface area contributed by atoms with Crippen LogP contribution in [0.4, 0.5) is 0 Å². The summed E-state index contributed by atoms with van der Waals surface area (Å²) in [5.41, 5.74) is 0.840. The van der Waals surface area contributed by atoms with Gasteiger partial charge in [0.05, 0.1) is 25.8 Å². The third-order valence-electron chi connectivity index (χ3n) is 4.28. The minimum atomic E-state index is -0.0954. The molecule has 1 amide bonds. The lowest BCUT2D eigenvalue weighted by atomic mass is 10.1. The molecule has 2 aromatic heterocycles. The summed E-state index contributed by atoms with van der Waals surface area (Å²) < 4.78 is 15.8. The first-order chi connectivity index (χ1) is 12.2. The first-order valence-corrected chi connectivity index (χ1v) is 8.01. The lowest BCUT2D eigenvalue weighted by Crippen LogP contribution is -2.24. The molecule has 0 radical (unpaired) electrons. The number of hydrogen-bond donors (Lipinski definition) is 0. The van der Waals surface area contributed by atoms with Crippen LogP contribution in [0.25, 0.3) is 11.4 Å². The highest BCUT2D eigenvalue weighted by atomic mass is 16.5. The molecule has 1 unspecified atom stereocenters. The van der Waals surface area contributed by atoms with Gasteiger partial charge in [-0.3, -0.25) is 4.79 Å². The zero-order chi connectivity index (χ0) is 17.2. The highest BCUT2D eigenvalue weighted by molar-refractivity contribution is 5.79. The fraction of sp³-hybridized carbons (Fsp3) is 0.278. The molecular formula is C18H17N3O4. The lowest BCUT2D eigenvalue weighted by molar-refractivity contribution is -0.128. The van der Waals surface area contributed by atoms with Crippen molar-refractivity contribution in [3.63, 3.8) is 0 Å². The van der Waals surface area contributed by atoms with Crippen molar-refractivity contribution in [2.75, 3.05) is 13.7 Å². The van der Waals surface area contributed by atoms with Gasteiger partial charge in [-0.1, -0.05) is 5.16 Å². The molecule has 0 saturated carbocycles. The number of likely N-dealkylation sites (tertiary alicyclic amines) is 1. The molecule has 1 saturated heterocycles. The highest BCUT2D eigenvalue weighted by Gasteiger charge is 2.34. The van der Waals surface area contributed by atoms with Gasteiger partial charge >= 0.3 is 0 Å². The van der Waals surface area contributed by atoms with E-state index >= 15 is 0 Å². The molecule has 0 N–H and O–H groups in total. The number of carbonyl (C=O) groups excluding carboxylic acids is 1. The second-order valence-corrected chi connectivity index (χ2v) is 5.94. The minimum absolute atomic E-state index is 0.0607. The number of ether oxygens (including phenoxy) is 1. The van der Waals surface area contributed by atoms with E-state index in [1.807, 2.05) is 36.4 Å². The van der Waals surface area contributed by atoms with Crippen molar-refractivity contribution in [3.8, 4) is 17.1 Å². The van der Waals surface area contributed by atoms with E-state index in [4.69, 9.17) is 13.7 Å². The van der Waals surface area contributed by atoms with Crippen molar-refractivity contribution in [1.29, 1.82) is 0 Å². The van der Waals surface area contributed by atoms with Crippen molar-refractivity contribution in [2.24, 2.45) is 0 Å². The average molecular weight is 339 g/mol. The van der Waals surface area contributed by atoms with Gasteiger partial charge in [0.25, 0.3) is 0 Å². The molecule has 1 aliphatic rings. The summed E-state index contributed by atoms with van der Waals surface area (Å²) in [6.07, 6.45) is 1.97. The van der Waals surface area contributed by atoms with Crippen molar-refractivity contribution < 1.29 is 18.5 Å². The van der Waals surface area contributed by atoms with Crippen LogP contribution in [0.2, 0.25) is 0 Å². The Morgan fingerprint density at radius 2 is 2.12 bits per heavy atom. The zero-order valence-electron chi connectivity index (χ0n) is 13.7. The molecule has 0 bridgehead atoms. The number of benzene rings is 1. The Morgan fingerprint density at radius 3 is 2.84 bits per heavy atom. The van der Waals surface area contributed by atoms with Crippen molar-refractivity contribution in [3.05, 3.63) is 54.3 Å². The van der Waals surface area contributed by atoms with Crippen LogP contribution in [-0.4, -0.2) is 34.6 Å². The van der Waals surface area contributed by atoms with Gasteiger partial charge in [0, 0.05) is 18.5 Å². The number of carbonyl (C=O) groups is 1. The van der Waals surface area contributed by atoms with Gasteiger partial charge < -0.3 is 18.6 Å². The summed E-state index contributed by atoms with van der Waals surface area (Å²) >= 11 is 0. The SMILES string of the molecule is COc1ccc(-c2noc(C3CC(=O)N(Cc4ccco4)C3)n2)cc1. The summed E-state index contributed by atoms with van der Waals surface area (Å²) in [5, 5.41) is 4.04. The van der Waals surface area contributed by atoms with Crippen LogP contribution in [-0.2, 0) is 11.3 Å². The lowest BCUT2D eigenvalue weighted by Gasteiger charge is -2.13. The predicted molar refractivity (Wildman–Crippen MR) is 87.8 cm³/mol. The van der Waals surface area contributed by atoms with Crippen LogP contribution >= 0.6 is 0 Å². The van der Waals surface area contributed by atoms with Crippen LogP contribution in [0, 0.1) is 0 Å². The Balaban J connectivity index is 1.47. The molecule has 7 nitrogen and oxygen atoms in total. The van der Waals surface area contributed by atoms with E-state index in [1.165, 1.54) is 0 Å². The van der Waals surface area contributed by atoms with Crippen molar-refractivity contribution >= 4 is 5.91 Å². The van der Waals surface area contributed by atoms with Gasteiger partial charge in [-0.05, 0) is 36.4 Å². The third kappa shape index (κ3) is 3.13. The predicted octanol–water partition coefficient (Wildman–Crippen LogP) is 2.85. The molecule has 1 atom stereocenters. The second kappa shape index (κ2) is 6.43. The molecule has 3 heterocycles. The number of aromatic nitrogens is 2. The monoisotopic (exact) mass is 339 g/mol. The number of methoxy groups -OCH3 is 1. The maximum atomic E-state index is 12.2. The highest BCUT2D eigenvalue weighted by Crippen LogP contribution is 2.30. The van der Waals surface area contributed by atoms with E-state index in [-0.39, 0.29) is 11.8 Å². The largest absolute Gasteiger partial charge is 0.497 e. The van der Waals surface area contributed by atoms with Crippen LogP contribution in [0.1, 0.15) is 24.0 Å². The number of hydrogen-bond acceptors (Lipinski definition) is 6. The van der Waals surface area contributed by atoms with Gasteiger partial charge in [0.15, 0.2) is 0 Å². The molecular weight excluding hydrogens is 322 g/mol. The van der Waals surface area contributed by atoms with Crippen LogP contribution in [0.3, 0.4) is 0 Å². The van der Waals surface area contributed by atoms with E-state index in [0.717, 1.165) is 17.1 Å². The molecule has 0 aliphatic carbocycles. The Morgan fingerprint density at radius 1 is 1.28 bits per heavy atom. The third-order valence-corrected chi connectivity index (χ3v) is 4.28. The van der Waals surface area contributed by atoms with Gasteiger partial charge in [0.2, 0.25) is 17.6 Å². The molecule has 0 spiro atoms. The van der Waals surface area contributed by atoms with Crippen molar-refractivity contribution in [2.45, 2.75) is 18.9 Å². The van der Waals surface area contributed by atoms with Crippen LogP contribution in [0.5, 0.6) is 5.75 Å². The van der Waals surface area contributed by atoms with Crippen LogP contribution in [0.15, 0.2) is 51.6 Å². The smallest absolute Gasteiger partial charge is 0.232 e. The zero-order valence-corrected chi connectivity index (χ0v) is 13.7. The molecule has 128 valence electrons. The topological polar surface area (TPSA) is 81.6 Å². The summed E-state index contributed by atoms with van der Waals surface area (Å²) in [6, 6.07) is 11.1. The first kappa shape index (κ1) is 15.4. The van der Waals surface area contributed by atoms with Gasteiger partial charge in [0.1, 0.15) is 11.5 Å². The molecule has 1 fully saturated rings. The van der Waals surface area contributed by atoms with E-state index in [9.17, 15) is 4.79 Å². The number of amides is 1.